The van der Waals surface area contributed by atoms with Crippen molar-refractivity contribution in [3.63, 3.8) is 0 Å². The number of nitrogens with two attached hydrogens (primary N) is 1. The molecule has 1 unspecified atom stereocenters. The first kappa shape index (κ1) is 41.5. The van der Waals surface area contributed by atoms with Gasteiger partial charge in [-0.2, -0.15) is 5.10 Å². The van der Waals surface area contributed by atoms with Crippen LogP contribution in [0.1, 0.15) is 52.4 Å². The maximum atomic E-state index is 13.3. The van der Waals surface area contributed by atoms with E-state index in [1.807, 2.05) is 59.3 Å². The zero-order valence-electron chi connectivity index (χ0n) is 33.2. The molecule has 3 aliphatic rings. The van der Waals surface area contributed by atoms with Crippen LogP contribution in [-0.2, 0) is 28.6 Å². The van der Waals surface area contributed by atoms with Crippen LogP contribution < -0.4 is 15.8 Å². The lowest BCUT2D eigenvalue weighted by molar-refractivity contribution is -0.138. The number of carbonyl (C=O) groups excluding carboxylic acids is 5. The molecule has 2 atom stereocenters. The first-order valence-electron chi connectivity index (χ1n) is 20.1. The van der Waals surface area contributed by atoms with Gasteiger partial charge in [0.05, 0.1) is 55.6 Å². The van der Waals surface area contributed by atoms with Gasteiger partial charge in [0.25, 0.3) is 11.8 Å². The molecule has 17 nitrogen and oxygen atoms in total. The highest BCUT2D eigenvalue weighted by Gasteiger charge is 2.45. The van der Waals surface area contributed by atoms with Crippen molar-refractivity contribution >= 4 is 58.1 Å². The Labute approximate surface area is 354 Å². The Kier molecular flexibility index (Phi) is 12.9. The Morgan fingerprint density at radius 2 is 1.59 bits per heavy atom. The summed E-state index contributed by atoms with van der Waals surface area (Å²) in [6.45, 7) is 2.52. The van der Waals surface area contributed by atoms with Crippen molar-refractivity contribution in [2.24, 2.45) is 0 Å². The van der Waals surface area contributed by atoms with Gasteiger partial charge in [-0.05, 0) is 67.8 Å². The Balaban J connectivity index is 0.747. The van der Waals surface area contributed by atoms with Gasteiger partial charge in [0, 0.05) is 35.7 Å². The maximum Gasteiger partial charge on any atom is 0.263 e. The highest BCUT2D eigenvalue weighted by atomic mass is 32.2. The van der Waals surface area contributed by atoms with E-state index in [-0.39, 0.29) is 55.7 Å². The average molecular weight is 849 g/mol. The van der Waals surface area contributed by atoms with E-state index < -0.39 is 29.7 Å². The number of amides is 5. The van der Waals surface area contributed by atoms with Gasteiger partial charge in [-0.15, -0.1) is 11.8 Å². The van der Waals surface area contributed by atoms with E-state index >= 15 is 0 Å². The number of hydrogen-bond acceptors (Lipinski definition) is 14. The summed E-state index contributed by atoms with van der Waals surface area (Å²) in [5.41, 5.74) is 8.98. The molecule has 3 N–H and O–H groups in total. The van der Waals surface area contributed by atoms with E-state index in [0.29, 0.717) is 71.9 Å². The van der Waals surface area contributed by atoms with Crippen molar-refractivity contribution in [1.29, 1.82) is 0 Å². The second-order valence-electron chi connectivity index (χ2n) is 14.6. The lowest BCUT2D eigenvalue weighted by atomic mass is 10.0. The van der Waals surface area contributed by atoms with Gasteiger partial charge in [0.1, 0.15) is 42.0 Å². The van der Waals surface area contributed by atoms with Crippen LogP contribution in [0.3, 0.4) is 0 Å². The lowest BCUT2D eigenvalue weighted by Gasteiger charge is -2.33. The highest BCUT2D eigenvalue weighted by molar-refractivity contribution is 7.99. The second-order valence-corrected chi connectivity index (χ2v) is 15.7. The number of imide groups is 2. The minimum Gasteiger partial charge on any atom is -0.457 e. The first-order valence-corrected chi connectivity index (χ1v) is 21.1. The van der Waals surface area contributed by atoms with Crippen LogP contribution in [0.15, 0.2) is 84.0 Å². The number of para-hydroxylation sites is 1. The average Bonchev–Trinajstić information content (AvgIpc) is 3.79. The number of carbonyl (C=O) groups is 5. The molecule has 0 bridgehead atoms. The molecule has 3 aliphatic heterocycles. The van der Waals surface area contributed by atoms with E-state index in [1.54, 1.807) is 23.1 Å². The van der Waals surface area contributed by atoms with Crippen LogP contribution >= 0.6 is 11.8 Å². The SMILES string of the molecule is Nc1ncnc2c1c(-c1ccc(Oc3ccccc3)cc1)nn2[C@@H]1CCCN(C(=O)COCCOCCOCCSc2cccc3c2C(=O)N(C2CCC(=O)NC2=O)C3=O)C1. The molecule has 3 aromatic carbocycles. The normalized spacial score (nSPS) is 17.8. The molecular formula is C43H44N8O9S. The summed E-state index contributed by atoms with van der Waals surface area (Å²) in [7, 11) is 0. The predicted octanol–water partition coefficient (Wildman–Crippen LogP) is 4.27. The molecule has 18 heteroatoms. The molecule has 316 valence electrons. The van der Waals surface area contributed by atoms with Gasteiger partial charge in [-0.3, -0.25) is 34.2 Å². The molecule has 0 saturated carbocycles. The third kappa shape index (κ3) is 9.26. The smallest absolute Gasteiger partial charge is 0.263 e. The Morgan fingerprint density at radius 1 is 0.836 bits per heavy atom. The van der Waals surface area contributed by atoms with Crippen LogP contribution in [0.4, 0.5) is 5.82 Å². The minimum atomic E-state index is -1.01. The van der Waals surface area contributed by atoms with Gasteiger partial charge in [0.15, 0.2) is 5.65 Å². The summed E-state index contributed by atoms with van der Waals surface area (Å²) < 4.78 is 24.8. The molecule has 2 saturated heterocycles. The van der Waals surface area contributed by atoms with Crippen LogP contribution in [0, 0.1) is 0 Å². The van der Waals surface area contributed by atoms with Crippen molar-refractivity contribution < 1.29 is 42.9 Å². The van der Waals surface area contributed by atoms with E-state index in [2.05, 4.69) is 15.3 Å². The number of nitrogens with one attached hydrogen (secondary N) is 1. The highest BCUT2D eigenvalue weighted by Crippen LogP contribution is 2.36. The molecule has 5 aromatic rings. The van der Waals surface area contributed by atoms with Gasteiger partial charge < -0.3 is 29.6 Å². The third-order valence-corrected chi connectivity index (χ3v) is 11.6. The Hall–Kier alpha value is -6.21. The fourth-order valence-electron chi connectivity index (χ4n) is 7.64. The number of fused-ring (bicyclic) bond motifs is 2. The second kappa shape index (κ2) is 19.0. The fraction of sp³-hybridized carbons (Fsp3) is 0.349. The number of likely N-dealkylation sites (tertiary alicyclic amines) is 1. The summed E-state index contributed by atoms with van der Waals surface area (Å²) in [6.07, 6.45) is 3.18. The first-order chi connectivity index (χ1) is 29.8. The fourth-order valence-corrected chi connectivity index (χ4v) is 8.58. The van der Waals surface area contributed by atoms with E-state index in [1.165, 1.54) is 18.1 Å². The number of nitrogens with zero attached hydrogens (tertiary/aromatic N) is 6. The van der Waals surface area contributed by atoms with E-state index in [4.69, 9.17) is 29.8 Å². The van der Waals surface area contributed by atoms with Crippen LogP contribution in [0.5, 0.6) is 11.5 Å². The van der Waals surface area contributed by atoms with Gasteiger partial charge in [-0.25, -0.2) is 14.6 Å². The number of anilines is 1. The standard InChI is InChI=1S/C43H44N8O9S/c44-39-37-38(27-11-13-30(14-12-27)60-29-7-2-1-3-8-29)48-51(40(37)46-26-45-39)28-6-5-17-49(24-28)35(53)25-59-21-20-57-18-19-58-22-23-61-33-10-4-9-31-36(33)43(56)50(42(31)55)32-15-16-34(52)47-41(32)54/h1-4,7-14,26,28,32H,5-6,15-25H2,(H2,44,45,46)(H,47,52,54)/t28-,32?/m1/s1. The van der Waals surface area contributed by atoms with Gasteiger partial charge >= 0.3 is 0 Å². The molecule has 0 spiro atoms. The summed E-state index contributed by atoms with van der Waals surface area (Å²) in [6, 6.07) is 21.1. The number of ether oxygens (including phenoxy) is 4. The monoisotopic (exact) mass is 848 g/mol. The van der Waals surface area contributed by atoms with Crippen molar-refractivity contribution in [2.75, 3.05) is 64.2 Å². The summed E-state index contributed by atoms with van der Waals surface area (Å²) in [5.74, 6) is 0.00453. The number of thioether (sulfide) groups is 1. The minimum absolute atomic E-state index is 0.0605. The zero-order valence-corrected chi connectivity index (χ0v) is 34.0. The molecule has 61 heavy (non-hydrogen) atoms. The number of aromatic nitrogens is 4. The zero-order chi connectivity index (χ0) is 42.3. The molecule has 2 aromatic heterocycles. The molecule has 0 aliphatic carbocycles. The van der Waals surface area contributed by atoms with Crippen molar-refractivity contribution in [1.82, 2.24) is 34.9 Å². The van der Waals surface area contributed by atoms with Crippen molar-refractivity contribution in [3.05, 3.63) is 90.3 Å². The number of benzene rings is 3. The van der Waals surface area contributed by atoms with Gasteiger partial charge in [-0.1, -0.05) is 24.3 Å². The van der Waals surface area contributed by atoms with Gasteiger partial charge in [0.2, 0.25) is 17.7 Å². The quantitative estimate of drug-likeness (QED) is 0.0761. The van der Waals surface area contributed by atoms with E-state index in [9.17, 15) is 24.0 Å². The molecule has 0 radical (unpaired) electrons. The van der Waals surface area contributed by atoms with Crippen LogP contribution in [0.2, 0.25) is 0 Å². The number of rotatable bonds is 17. The Morgan fingerprint density at radius 3 is 2.38 bits per heavy atom. The molecule has 8 rings (SSSR count). The topological polar surface area (TPSA) is 210 Å². The molecule has 5 heterocycles. The van der Waals surface area contributed by atoms with Crippen molar-refractivity contribution in [3.8, 4) is 22.8 Å². The summed E-state index contributed by atoms with van der Waals surface area (Å²) in [4.78, 5) is 75.7. The number of piperidine rings is 2. The predicted molar refractivity (Wildman–Crippen MR) is 223 cm³/mol. The lowest BCUT2D eigenvalue weighted by Crippen LogP contribution is -2.54. The molecule has 5 amide bonds. The van der Waals surface area contributed by atoms with Crippen LogP contribution in [-0.4, -0.2) is 124 Å². The Bertz CT molecular complexity index is 2430. The largest absolute Gasteiger partial charge is 0.457 e. The molecule has 2 fully saturated rings. The maximum absolute atomic E-state index is 13.3. The molecular weight excluding hydrogens is 805 g/mol. The van der Waals surface area contributed by atoms with Crippen LogP contribution in [0.25, 0.3) is 22.3 Å². The van der Waals surface area contributed by atoms with Crippen molar-refractivity contribution in [2.45, 2.75) is 42.7 Å². The third-order valence-electron chi connectivity index (χ3n) is 10.6. The number of nitrogen functional groups attached to an aromatic ring is 1. The summed E-state index contributed by atoms with van der Waals surface area (Å²) >= 11 is 1.38. The number of hydrogen-bond donors (Lipinski definition) is 2. The summed E-state index contributed by atoms with van der Waals surface area (Å²) in [5, 5.41) is 7.85. The van der Waals surface area contributed by atoms with E-state index in [0.717, 1.165) is 29.1 Å².